The zero-order valence-electron chi connectivity index (χ0n) is 10.4. The Labute approximate surface area is 102 Å². The summed E-state index contributed by atoms with van der Waals surface area (Å²) < 4.78 is 2.18. The van der Waals surface area contributed by atoms with Crippen LogP contribution in [0.1, 0.15) is 31.9 Å². The van der Waals surface area contributed by atoms with Gasteiger partial charge in [-0.05, 0) is 25.0 Å². The Morgan fingerprint density at radius 3 is 2.94 bits per heavy atom. The van der Waals surface area contributed by atoms with E-state index in [1.165, 1.54) is 0 Å². The Morgan fingerprint density at radius 2 is 2.24 bits per heavy atom. The number of benzene rings is 1. The van der Waals surface area contributed by atoms with Crippen molar-refractivity contribution in [2.24, 2.45) is 5.73 Å². The molecule has 2 aromatic rings. The summed E-state index contributed by atoms with van der Waals surface area (Å²) >= 11 is 0. The van der Waals surface area contributed by atoms with Crippen LogP contribution >= 0.6 is 0 Å². The molecule has 1 aromatic heterocycles. The molecule has 17 heavy (non-hydrogen) atoms. The molecule has 0 aliphatic rings. The maximum Gasteiger partial charge on any atom is 0.139 e. The smallest absolute Gasteiger partial charge is 0.139 e. The molecule has 0 aliphatic carbocycles. The van der Waals surface area contributed by atoms with E-state index in [2.05, 4.69) is 34.7 Å². The van der Waals surface area contributed by atoms with Crippen molar-refractivity contribution in [1.82, 2.24) is 9.55 Å². The highest BCUT2D eigenvalue weighted by Crippen LogP contribution is 2.21. The Bertz CT molecular complexity index is 486. The quantitative estimate of drug-likeness (QED) is 0.876. The summed E-state index contributed by atoms with van der Waals surface area (Å²) in [7, 11) is 0. The first kappa shape index (κ1) is 11.9. The predicted molar refractivity (Wildman–Crippen MR) is 70.6 cm³/mol. The first-order valence-corrected chi connectivity index (χ1v) is 6.09. The highest BCUT2D eigenvalue weighted by Gasteiger charge is 2.07. The number of aromatic nitrogens is 2. The standard InChI is InChI=1S/C14H19N3/c1-3-8-17-9-7-16-14(17)13-6-4-5-12(10-13)11(2)15/h4-7,9-11H,3,8,15H2,1-2H3. The van der Waals surface area contributed by atoms with Crippen LogP contribution in [0.5, 0.6) is 0 Å². The zero-order chi connectivity index (χ0) is 12.3. The second-order valence-electron chi connectivity index (χ2n) is 4.36. The molecular weight excluding hydrogens is 210 g/mol. The van der Waals surface area contributed by atoms with Gasteiger partial charge in [0.1, 0.15) is 5.82 Å². The van der Waals surface area contributed by atoms with E-state index in [-0.39, 0.29) is 6.04 Å². The van der Waals surface area contributed by atoms with E-state index in [9.17, 15) is 0 Å². The summed E-state index contributed by atoms with van der Waals surface area (Å²) in [5.74, 6) is 1.02. The molecule has 90 valence electrons. The molecule has 3 nitrogen and oxygen atoms in total. The van der Waals surface area contributed by atoms with Gasteiger partial charge in [-0.25, -0.2) is 4.98 Å². The lowest BCUT2D eigenvalue weighted by Gasteiger charge is -2.09. The maximum atomic E-state index is 5.91. The van der Waals surface area contributed by atoms with Crippen molar-refractivity contribution in [3.63, 3.8) is 0 Å². The lowest BCUT2D eigenvalue weighted by molar-refractivity contribution is 0.685. The Morgan fingerprint density at radius 1 is 1.41 bits per heavy atom. The molecule has 0 fully saturated rings. The molecule has 0 bridgehead atoms. The average Bonchev–Trinajstić information content (AvgIpc) is 2.78. The Balaban J connectivity index is 2.38. The number of hydrogen-bond acceptors (Lipinski definition) is 2. The van der Waals surface area contributed by atoms with E-state index >= 15 is 0 Å². The third-order valence-electron chi connectivity index (χ3n) is 2.85. The fourth-order valence-corrected chi connectivity index (χ4v) is 1.95. The van der Waals surface area contributed by atoms with Gasteiger partial charge in [-0.2, -0.15) is 0 Å². The molecule has 0 aliphatic heterocycles. The molecular formula is C14H19N3. The molecule has 0 radical (unpaired) electrons. The van der Waals surface area contributed by atoms with Gasteiger partial charge < -0.3 is 10.3 Å². The molecule has 0 spiro atoms. The summed E-state index contributed by atoms with van der Waals surface area (Å²) in [6.45, 7) is 5.16. The SMILES string of the molecule is CCCn1ccnc1-c1cccc(C(C)N)c1. The van der Waals surface area contributed by atoms with Gasteiger partial charge in [0, 0.05) is 30.5 Å². The van der Waals surface area contributed by atoms with E-state index in [0.717, 1.165) is 29.9 Å². The van der Waals surface area contributed by atoms with E-state index in [1.807, 2.05) is 25.4 Å². The van der Waals surface area contributed by atoms with Crippen molar-refractivity contribution in [3.05, 3.63) is 42.2 Å². The summed E-state index contributed by atoms with van der Waals surface area (Å²) in [4.78, 5) is 4.43. The number of nitrogens with two attached hydrogens (primary N) is 1. The lowest BCUT2D eigenvalue weighted by atomic mass is 10.1. The fraction of sp³-hybridized carbons (Fsp3) is 0.357. The molecule has 1 unspecified atom stereocenters. The molecule has 2 rings (SSSR count). The van der Waals surface area contributed by atoms with Crippen molar-refractivity contribution >= 4 is 0 Å². The van der Waals surface area contributed by atoms with Crippen molar-refractivity contribution in [3.8, 4) is 11.4 Å². The Hall–Kier alpha value is -1.61. The minimum atomic E-state index is 0.0598. The van der Waals surface area contributed by atoms with Gasteiger partial charge >= 0.3 is 0 Å². The number of imidazole rings is 1. The number of nitrogens with zero attached hydrogens (tertiary/aromatic N) is 2. The van der Waals surface area contributed by atoms with Gasteiger partial charge in [0.25, 0.3) is 0 Å². The van der Waals surface area contributed by atoms with Crippen LogP contribution in [0.4, 0.5) is 0 Å². The van der Waals surface area contributed by atoms with Gasteiger partial charge in [-0.1, -0.05) is 25.1 Å². The molecule has 1 aromatic carbocycles. The molecule has 3 heteroatoms. The van der Waals surface area contributed by atoms with Crippen LogP contribution in [-0.4, -0.2) is 9.55 Å². The largest absolute Gasteiger partial charge is 0.331 e. The highest BCUT2D eigenvalue weighted by atomic mass is 15.1. The normalized spacial score (nSPS) is 12.6. The third-order valence-corrected chi connectivity index (χ3v) is 2.85. The molecule has 1 atom stereocenters. The molecule has 0 amide bonds. The van der Waals surface area contributed by atoms with Gasteiger partial charge in [0.05, 0.1) is 0 Å². The van der Waals surface area contributed by atoms with E-state index < -0.39 is 0 Å². The van der Waals surface area contributed by atoms with Crippen LogP contribution in [0.25, 0.3) is 11.4 Å². The fourth-order valence-electron chi connectivity index (χ4n) is 1.95. The zero-order valence-corrected chi connectivity index (χ0v) is 10.4. The van der Waals surface area contributed by atoms with Crippen molar-refractivity contribution in [1.29, 1.82) is 0 Å². The summed E-state index contributed by atoms with van der Waals surface area (Å²) in [6.07, 6.45) is 4.98. The topological polar surface area (TPSA) is 43.8 Å². The van der Waals surface area contributed by atoms with Crippen LogP contribution in [0.3, 0.4) is 0 Å². The van der Waals surface area contributed by atoms with Gasteiger partial charge in [0.15, 0.2) is 0 Å². The minimum absolute atomic E-state index is 0.0598. The lowest BCUT2D eigenvalue weighted by Crippen LogP contribution is -2.05. The van der Waals surface area contributed by atoms with Gasteiger partial charge in [-0.3, -0.25) is 0 Å². The second-order valence-corrected chi connectivity index (χ2v) is 4.36. The van der Waals surface area contributed by atoms with Gasteiger partial charge in [-0.15, -0.1) is 0 Å². The molecule has 1 heterocycles. The summed E-state index contributed by atoms with van der Waals surface area (Å²) in [5, 5.41) is 0. The molecule has 0 saturated heterocycles. The highest BCUT2D eigenvalue weighted by molar-refractivity contribution is 5.57. The van der Waals surface area contributed by atoms with Crippen molar-refractivity contribution < 1.29 is 0 Å². The summed E-state index contributed by atoms with van der Waals surface area (Å²) in [5.41, 5.74) is 8.19. The van der Waals surface area contributed by atoms with E-state index in [1.54, 1.807) is 0 Å². The minimum Gasteiger partial charge on any atom is -0.331 e. The van der Waals surface area contributed by atoms with Gasteiger partial charge in [0.2, 0.25) is 0 Å². The third kappa shape index (κ3) is 2.56. The van der Waals surface area contributed by atoms with Crippen LogP contribution in [0.2, 0.25) is 0 Å². The molecule has 2 N–H and O–H groups in total. The predicted octanol–water partition coefficient (Wildman–Crippen LogP) is 2.98. The van der Waals surface area contributed by atoms with Crippen LogP contribution < -0.4 is 5.73 Å². The first-order valence-electron chi connectivity index (χ1n) is 6.09. The second kappa shape index (κ2) is 5.15. The van der Waals surface area contributed by atoms with Crippen LogP contribution in [0.15, 0.2) is 36.7 Å². The van der Waals surface area contributed by atoms with Crippen molar-refractivity contribution in [2.75, 3.05) is 0 Å². The average molecular weight is 229 g/mol. The number of rotatable bonds is 4. The van der Waals surface area contributed by atoms with E-state index in [0.29, 0.717) is 0 Å². The van der Waals surface area contributed by atoms with E-state index in [4.69, 9.17) is 5.73 Å². The Kier molecular flexibility index (Phi) is 3.59. The number of hydrogen-bond donors (Lipinski definition) is 1. The van der Waals surface area contributed by atoms with Crippen molar-refractivity contribution in [2.45, 2.75) is 32.9 Å². The van der Waals surface area contributed by atoms with Crippen LogP contribution in [-0.2, 0) is 6.54 Å². The van der Waals surface area contributed by atoms with Crippen LogP contribution in [0, 0.1) is 0 Å². The molecule has 0 saturated carbocycles. The monoisotopic (exact) mass is 229 g/mol. The summed E-state index contributed by atoms with van der Waals surface area (Å²) in [6, 6.07) is 8.37. The number of aryl methyl sites for hydroxylation is 1. The maximum absolute atomic E-state index is 5.91. The first-order chi connectivity index (χ1) is 8.22.